The smallest absolute Gasteiger partial charge is 0.341 e. The Hall–Kier alpha value is -2.50. The minimum Gasteiger partial charge on any atom is -0.389 e. The second kappa shape index (κ2) is 7.05. The number of ether oxygens (including phenoxy) is 2. The van der Waals surface area contributed by atoms with Gasteiger partial charge in [0.05, 0.1) is 6.42 Å². The Bertz CT molecular complexity index is 483. The molecule has 0 aliphatic heterocycles. The molecule has 0 aliphatic carbocycles. The van der Waals surface area contributed by atoms with Crippen molar-refractivity contribution in [3.05, 3.63) is 36.5 Å². The Morgan fingerprint density at radius 2 is 1.21 bits per heavy atom. The van der Waals surface area contributed by atoms with E-state index in [0.29, 0.717) is 0 Å². The standard InChI is InChI=1S/C13H14O6/c1-7(2)11(15)18-10(14)6-9(5)13(17)19-12(16)8(3)4/h1,3,5-6H2,2,4H3. The molecule has 0 aromatic rings. The maximum atomic E-state index is 11.3. The molecule has 6 nitrogen and oxygen atoms in total. The Morgan fingerprint density at radius 1 is 0.789 bits per heavy atom. The molecule has 0 amide bonds. The van der Waals surface area contributed by atoms with Crippen LogP contribution < -0.4 is 0 Å². The molecule has 0 rings (SSSR count). The van der Waals surface area contributed by atoms with E-state index in [0.717, 1.165) is 0 Å². The van der Waals surface area contributed by atoms with Crippen LogP contribution in [0.4, 0.5) is 0 Å². The van der Waals surface area contributed by atoms with Gasteiger partial charge in [0.2, 0.25) is 0 Å². The van der Waals surface area contributed by atoms with Gasteiger partial charge in [0.25, 0.3) is 0 Å². The maximum Gasteiger partial charge on any atom is 0.341 e. The first-order chi connectivity index (χ1) is 8.65. The maximum absolute atomic E-state index is 11.3. The molecule has 0 aromatic heterocycles. The molecule has 0 atom stereocenters. The number of hydrogen-bond acceptors (Lipinski definition) is 6. The molecule has 0 bridgehead atoms. The average Bonchev–Trinajstić information content (AvgIpc) is 2.27. The molecule has 0 saturated heterocycles. The second-order valence-electron chi connectivity index (χ2n) is 3.78. The summed E-state index contributed by atoms with van der Waals surface area (Å²) in [6.07, 6.45) is -0.568. The topological polar surface area (TPSA) is 86.7 Å². The van der Waals surface area contributed by atoms with E-state index < -0.39 is 30.3 Å². The van der Waals surface area contributed by atoms with Crippen molar-refractivity contribution in [3.8, 4) is 0 Å². The summed E-state index contributed by atoms with van der Waals surface area (Å²) in [4.78, 5) is 44.6. The predicted octanol–water partition coefficient (Wildman–Crippen LogP) is 1.22. The number of esters is 4. The first-order valence-corrected chi connectivity index (χ1v) is 5.15. The van der Waals surface area contributed by atoms with Crippen LogP contribution in [0.5, 0.6) is 0 Å². The van der Waals surface area contributed by atoms with Gasteiger partial charge in [-0.3, -0.25) is 4.79 Å². The van der Waals surface area contributed by atoms with Crippen molar-refractivity contribution >= 4 is 23.9 Å². The summed E-state index contributed by atoms with van der Waals surface area (Å²) in [5.74, 6) is -3.88. The van der Waals surface area contributed by atoms with E-state index in [9.17, 15) is 19.2 Å². The first kappa shape index (κ1) is 16.5. The molecule has 102 valence electrons. The lowest BCUT2D eigenvalue weighted by atomic mass is 10.2. The van der Waals surface area contributed by atoms with Crippen LogP contribution in [-0.4, -0.2) is 23.9 Å². The third-order valence-corrected chi connectivity index (χ3v) is 1.74. The normalized spacial score (nSPS) is 9.16. The van der Waals surface area contributed by atoms with Gasteiger partial charge < -0.3 is 9.47 Å². The zero-order chi connectivity index (χ0) is 15.2. The average molecular weight is 266 g/mol. The van der Waals surface area contributed by atoms with Gasteiger partial charge in [0.15, 0.2) is 0 Å². The number of carbonyl (C=O) groups is 4. The molecule has 0 aromatic carbocycles. The molecule has 0 N–H and O–H groups in total. The molecule has 0 radical (unpaired) electrons. The summed E-state index contributed by atoms with van der Waals surface area (Å²) in [5, 5.41) is 0. The minimum absolute atomic E-state index is 0.0289. The molecule has 0 heterocycles. The summed E-state index contributed by atoms with van der Waals surface area (Å²) in [5.41, 5.74) is -0.241. The summed E-state index contributed by atoms with van der Waals surface area (Å²) >= 11 is 0. The summed E-state index contributed by atoms with van der Waals surface area (Å²) in [7, 11) is 0. The van der Waals surface area contributed by atoms with Crippen molar-refractivity contribution in [3.63, 3.8) is 0 Å². The Kier molecular flexibility index (Phi) is 6.12. The molecule has 0 aliphatic rings. The SMILES string of the molecule is C=C(C)C(=O)OC(=O)CC(=C)C(=O)OC(=O)C(=C)C. The molecule has 0 fully saturated rings. The highest BCUT2D eigenvalue weighted by atomic mass is 16.6. The van der Waals surface area contributed by atoms with Crippen LogP contribution in [0.1, 0.15) is 20.3 Å². The lowest BCUT2D eigenvalue weighted by Crippen LogP contribution is -2.18. The molecular formula is C13H14O6. The van der Waals surface area contributed by atoms with E-state index in [1.54, 1.807) is 0 Å². The van der Waals surface area contributed by atoms with Gasteiger partial charge >= 0.3 is 23.9 Å². The van der Waals surface area contributed by atoms with E-state index in [2.05, 4.69) is 29.2 Å². The van der Waals surface area contributed by atoms with Crippen molar-refractivity contribution in [2.24, 2.45) is 0 Å². The van der Waals surface area contributed by atoms with Crippen molar-refractivity contribution in [2.45, 2.75) is 20.3 Å². The molecule has 0 spiro atoms. The third kappa shape index (κ3) is 6.11. The largest absolute Gasteiger partial charge is 0.389 e. The van der Waals surface area contributed by atoms with Crippen LogP contribution in [0.2, 0.25) is 0 Å². The predicted molar refractivity (Wildman–Crippen MR) is 65.6 cm³/mol. The highest BCUT2D eigenvalue weighted by Crippen LogP contribution is 2.06. The second-order valence-corrected chi connectivity index (χ2v) is 3.78. The van der Waals surface area contributed by atoms with Crippen LogP contribution in [0.3, 0.4) is 0 Å². The van der Waals surface area contributed by atoms with Crippen LogP contribution in [0, 0.1) is 0 Å². The summed E-state index contributed by atoms with van der Waals surface area (Å²) in [6.45, 7) is 12.6. The molecule has 19 heavy (non-hydrogen) atoms. The van der Waals surface area contributed by atoms with Gasteiger partial charge in [0, 0.05) is 16.7 Å². The monoisotopic (exact) mass is 266 g/mol. The van der Waals surface area contributed by atoms with Crippen molar-refractivity contribution in [2.75, 3.05) is 0 Å². The Morgan fingerprint density at radius 3 is 1.63 bits per heavy atom. The number of carbonyl (C=O) groups excluding carboxylic acids is 4. The van der Waals surface area contributed by atoms with Crippen LogP contribution in [0.15, 0.2) is 36.5 Å². The Balaban J connectivity index is 4.38. The quantitative estimate of drug-likeness (QED) is 0.422. The van der Waals surface area contributed by atoms with Crippen LogP contribution in [0.25, 0.3) is 0 Å². The van der Waals surface area contributed by atoms with E-state index in [-0.39, 0.29) is 16.7 Å². The minimum atomic E-state index is -1.08. The van der Waals surface area contributed by atoms with Gasteiger partial charge in [-0.25, -0.2) is 14.4 Å². The highest BCUT2D eigenvalue weighted by molar-refractivity contribution is 6.04. The van der Waals surface area contributed by atoms with Crippen LogP contribution in [-0.2, 0) is 28.7 Å². The fourth-order valence-electron chi connectivity index (χ4n) is 0.716. The van der Waals surface area contributed by atoms with E-state index >= 15 is 0 Å². The van der Waals surface area contributed by atoms with Crippen LogP contribution >= 0.6 is 0 Å². The fourth-order valence-corrected chi connectivity index (χ4v) is 0.716. The van der Waals surface area contributed by atoms with E-state index in [4.69, 9.17) is 0 Å². The van der Waals surface area contributed by atoms with Gasteiger partial charge in [0.1, 0.15) is 0 Å². The van der Waals surface area contributed by atoms with E-state index in [1.165, 1.54) is 13.8 Å². The van der Waals surface area contributed by atoms with E-state index in [1.807, 2.05) is 0 Å². The van der Waals surface area contributed by atoms with Gasteiger partial charge in [-0.1, -0.05) is 19.7 Å². The highest BCUT2D eigenvalue weighted by Gasteiger charge is 2.19. The number of hydrogen-bond donors (Lipinski definition) is 0. The first-order valence-electron chi connectivity index (χ1n) is 5.15. The lowest BCUT2D eigenvalue weighted by molar-refractivity contribution is -0.159. The summed E-state index contributed by atoms with van der Waals surface area (Å²) in [6, 6.07) is 0. The zero-order valence-electron chi connectivity index (χ0n) is 10.8. The molecular weight excluding hydrogens is 252 g/mol. The third-order valence-electron chi connectivity index (χ3n) is 1.74. The Labute approximate surface area is 110 Å². The number of rotatable bonds is 5. The lowest BCUT2D eigenvalue weighted by Gasteiger charge is -2.05. The van der Waals surface area contributed by atoms with Crippen molar-refractivity contribution < 1.29 is 28.7 Å². The van der Waals surface area contributed by atoms with Crippen molar-refractivity contribution in [1.82, 2.24) is 0 Å². The van der Waals surface area contributed by atoms with Gasteiger partial charge in [-0.2, -0.15) is 0 Å². The zero-order valence-corrected chi connectivity index (χ0v) is 10.8. The van der Waals surface area contributed by atoms with Gasteiger partial charge in [-0.15, -0.1) is 0 Å². The molecule has 0 unspecified atom stereocenters. The van der Waals surface area contributed by atoms with Crippen molar-refractivity contribution in [1.29, 1.82) is 0 Å². The summed E-state index contributed by atoms with van der Waals surface area (Å²) < 4.78 is 8.68. The molecule has 0 saturated carbocycles. The fraction of sp³-hybridized carbons (Fsp3) is 0.231. The molecule has 6 heteroatoms. The van der Waals surface area contributed by atoms with Gasteiger partial charge in [-0.05, 0) is 13.8 Å².